The molecule has 2 aromatic carbocycles. The Labute approximate surface area is 192 Å². The maximum absolute atomic E-state index is 10.8. The largest absolute Gasteiger partial charge is 0.476 e. The van der Waals surface area contributed by atoms with Gasteiger partial charge in [-0.15, -0.1) is 5.10 Å². The first-order valence-electron chi connectivity index (χ1n) is 10.5. The Bertz CT molecular complexity index is 1200. The summed E-state index contributed by atoms with van der Waals surface area (Å²) in [5.74, 6) is -1.07. The lowest BCUT2D eigenvalue weighted by Gasteiger charge is -2.04. The molecular formula is C24H29N7O2. The quantitative estimate of drug-likeness (QED) is 0.372. The standard InChI is InChI=1S/C15H15N5O2.C9H14N2/c1-11-6-16-19(7-11)8-12-2-4-13(5-3-12)9-20-10-14(15(21)22)17-18-20;1-7-5-9(10)4-3-8(7)6-11-2/h2-7,10H,8-9H2,1H3,(H,21,22);3-5,11H,6,10H2,1-2H3. The summed E-state index contributed by atoms with van der Waals surface area (Å²) in [4.78, 5) is 10.8. The predicted octanol–water partition coefficient (Wildman–Crippen LogP) is 2.87. The molecule has 0 aliphatic carbocycles. The molecule has 172 valence electrons. The fraction of sp³-hybridized carbons (Fsp3) is 0.250. The molecule has 0 saturated carbocycles. The van der Waals surface area contributed by atoms with Crippen LogP contribution < -0.4 is 11.1 Å². The van der Waals surface area contributed by atoms with Gasteiger partial charge in [-0.2, -0.15) is 5.10 Å². The molecule has 4 N–H and O–H groups in total. The van der Waals surface area contributed by atoms with Gasteiger partial charge in [-0.3, -0.25) is 4.68 Å². The highest BCUT2D eigenvalue weighted by Crippen LogP contribution is 2.11. The number of aromatic nitrogens is 5. The smallest absolute Gasteiger partial charge is 0.358 e. The summed E-state index contributed by atoms with van der Waals surface area (Å²) in [6, 6.07) is 14.0. The van der Waals surface area contributed by atoms with Crippen molar-refractivity contribution in [2.75, 3.05) is 12.8 Å². The molecule has 4 aromatic rings. The maximum Gasteiger partial charge on any atom is 0.358 e. The molecule has 0 bridgehead atoms. The highest BCUT2D eigenvalue weighted by Gasteiger charge is 2.08. The van der Waals surface area contributed by atoms with Crippen molar-refractivity contribution in [3.05, 3.63) is 94.6 Å². The number of carbonyl (C=O) groups is 1. The lowest BCUT2D eigenvalue weighted by Crippen LogP contribution is -2.06. The van der Waals surface area contributed by atoms with E-state index in [1.807, 2.05) is 67.4 Å². The fourth-order valence-electron chi connectivity index (χ4n) is 3.26. The second-order valence-corrected chi connectivity index (χ2v) is 7.85. The van der Waals surface area contributed by atoms with E-state index in [-0.39, 0.29) is 5.69 Å². The minimum atomic E-state index is -1.07. The Hall–Kier alpha value is -3.98. The molecule has 0 aliphatic rings. The van der Waals surface area contributed by atoms with E-state index in [4.69, 9.17) is 10.8 Å². The van der Waals surface area contributed by atoms with Crippen LogP contribution in [0.5, 0.6) is 0 Å². The third-order valence-corrected chi connectivity index (χ3v) is 4.97. The molecule has 2 aromatic heterocycles. The van der Waals surface area contributed by atoms with Gasteiger partial charge in [0.25, 0.3) is 0 Å². The molecule has 0 unspecified atom stereocenters. The monoisotopic (exact) mass is 447 g/mol. The van der Waals surface area contributed by atoms with Crippen molar-refractivity contribution in [2.45, 2.75) is 33.5 Å². The number of hydrogen-bond donors (Lipinski definition) is 3. The average molecular weight is 448 g/mol. The second-order valence-electron chi connectivity index (χ2n) is 7.85. The van der Waals surface area contributed by atoms with Crippen molar-refractivity contribution in [3.63, 3.8) is 0 Å². The Morgan fingerprint density at radius 1 is 1.03 bits per heavy atom. The molecule has 4 rings (SSSR count). The number of nitrogens with one attached hydrogen (secondary N) is 1. The van der Waals surface area contributed by atoms with Gasteiger partial charge in [-0.25, -0.2) is 9.48 Å². The third kappa shape index (κ3) is 7.01. The number of anilines is 1. The van der Waals surface area contributed by atoms with Crippen LogP contribution >= 0.6 is 0 Å². The Balaban J connectivity index is 0.000000235. The minimum Gasteiger partial charge on any atom is -0.476 e. The molecule has 0 spiro atoms. The van der Waals surface area contributed by atoms with Gasteiger partial charge in [-0.1, -0.05) is 35.5 Å². The van der Waals surface area contributed by atoms with Crippen LogP contribution in [0.2, 0.25) is 0 Å². The lowest BCUT2D eigenvalue weighted by atomic mass is 10.1. The number of rotatable bonds is 7. The summed E-state index contributed by atoms with van der Waals surface area (Å²) in [6.45, 7) is 6.20. The van der Waals surface area contributed by atoms with E-state index >= 15 is 0 Å². The van der Waals surface area contributed by atoms with Crippen molar-refractivity contribution in [1.82, 2.24) is 30.1 Å². The van der Waals surface area contributed by atoms with Gasteiger partial charge in [0, 0.05) is 18.4 Å². The van der Waals surface area contributed by atoms with Gasteiger partial charge in [-0.05, 0) is 60.8 Å². The second kappa shape index (κ2) is 11.1. The Kier molecular flexibility index (Phi) is 7.93. The van der Waals surface area contributed by atoms with Crippen molar-refractivity contribution in [3.8, 4) is 0 Å². The predicted molar refractivity (Wildman–Crippen MR) is 127 cm³/mol. The van der Waals surface area contributed by atoms with Gasteiger partial charge in [0.2, 0.25) is 0 Å². The molecule has 9 heteroatoms. The Morgan fingerprint density at radius 2 is 1.70 bits per heavy atom. The Morgan fingerprint density at radius 3 is 2.21 bits per heavy atom. The van der Waals surface area contributed by atoms with Gasteiger partial charge >= 0.3 is 5.97 Å². The van der Waals surface area contributed by atoms with E-state index in [1.165, 1.54) is 22.0 Å². The van der Waals surface area contributed by atoms with Crippen molar-refractivity contribution in [2.24, 2.45) is 0 Å². The van der Waals surface area contributed by atoms with Crippen LogP contribution in [-0.2, 0) is 19.6 Å². The molecule has 33 heavy (non-hydrogen) atoms. The highest BCUT2D eigenvalue weighted by atomic mass is 16.4. The molecule has 0 aliphatic heterocycles. The number of aromatic carboxylic acids is 1. The van der Waals surface area contributed by atoms with Crippen LogP contribution in [0.4, 0.5) is 5.69 Å². The topological polar surface area (TPSA) is 124 Å². The lowest BCUT2D eigenvalue weighted by molar-refractivity contribution is 0.0690. The number of nitrogens with zero attached hydrogens (tertiary/aromatic N) is 5. The van der Waals surface area contributed by atoms with E-state index in [1.54, 1.807) is 0 Å². The summed E-state index contributed by atoms with van der Waals surface area (Å²) < 4.78 is 3.40. The number of nitrogen functional groups attached to an aromatic ring is 1. The molecular weight excluding hydrogens is 418 g/mol. The average Bonchev–Trinajstić information content (AvgIpc) is 3.41. The number of aryl methyl sites for hydroxylation is 2. The van der Waals surface area contributed by atoms with Crippen LogP contribution in [-0.4, -0.2) is 42.9 Å². The van der Waals surface area contributed by atoms with Crippen molar-refractivity contribution < 1.29 is 9.90 Å². The summed E-state index contributed by atoms with van der Waals surface area (Å²) >= 11 is 0. The number of hydrogen-bond acceptors (Lipinski definition) is 6. The zero-order valence-electron chi connectivity index (χ0n) is 19.1. The number of carboxylic acid groups (broad SMARTS) is 1. The fourth-order valence-corrected chi connectivity index (χ4v) is 3.26. The van der Waals surface area contributed by atoms with Crippen molar-refractivity contribution >= 4 is 11.7 Å². The molecule has 0 amide bonds. The normalized spacial score (nSPS) is 10.5. The van der Waals surface area contributed by atoms with Crippen LogP contribution in [0.3, 0.4) is 0 Å². The molecule has 2 heterocycles. The van der Waals surface area contributed by atoms with Crippen LogP contribution in [0.1, 0.15) is 38.3 Å². The van der Waals surface area contributed by atoms with E-state index in [0.717, 1.165) is 35.5 Å². The van der Waals surface area contributed by atoms with Crippen LogP contribution in [0.25, 0.3) is 0 Å². The molecule has 0 fully saturated rings. The number of benzene rings is 2. The number of carboxylic acids is 1. The zero-order chi connectivity index (χ0) is 23.8. The van der Waals surface area contributed by atoms with E-state index in [9.17, 15) is 4.79 Å². The minimum absolute atomic E-state index is 0.0503. The molecule has 0 saturated heterocycles. The summed E-state index contributed by atoms with van der Waals surface area (Å²) in [7, 11) is 1.94. The summed E-state index contributed by atoms with van der Waals surface area (Å²) in [5, 5.41) is 23.6. The van der Waals surface area contributed by atoms with Gasteiger partial charge < -0.3 is 16.2 Å². The highest BCUT2D eigenvalue weighted by molar-refractivity contribution is 5.84. The van der Waals surface area contributed by atoms with E-state index in [0.29, 0.717) is 6.54 Å². The SMILES string of the molecule is CNCc1ccc(N)cc1C.Cc1cnn(Cc2ccc(Cn3cc(C(=O)O)nn3)cc2)c1. The maximum atomic E-state index is 10.8. The first kappa shape index (κ1) is 23.7. The van der Waals surface area contributed by atoms with Crippen molar-refractivity contribution in [1.29, 1.82) is 0 Å². The first-order valence-corrected chi connectivity index (χ1v) is 10.5. The zero-order valence-corrected chi connectivity index (χ0v) is 19.1. The summed E-state index contributed by atoms with van der Waals surface area (Å²) in [6.07, 6.45) is 5.25. The first-order chi connectivity index (χ1) is 15.8. The summed E-state index contributed by atoms with van der Waals surface area (Å²) in [5.41, 5.74) is 12.3. The molecule has 0 atom stereocenters. The third-order valence-electron chi connectivity index (χ3n) is 4.97. The molecule has 0 radical (unpaired) electrons. The van der Waals surface area contributed by atoms with Gasteiger partial charge in [0.1, 0.15) is 0 Å². The van der Waals surface area contributed by atoms with Gasteiger partial charge in [0.05, 0.1) is 25.5 Å². The van der Waals surface area contributed by atoms with Crippen LogP contribution in [0.15, 0.2) is 61.1 Å². The van der Waals surface area contributed by atoms with E-state index < -0.39 is 5.97 Å². The molecule has 9 nitrogen and oxygen atoms in total. The van der Waals surface area contributed by atoms with E-state index in [2.05, 4.69) is 33.7 Å². The van der Waals surface area contributed by atoms with Gasteiger partial charge in [0.15, 0.2) is 5.69 Å². The van der Waals surface area contributed by atoms with Crippen LogP contribution in [0, 0.1) is 13.8 Å². The number of nitrogens with two attached hydrogens (primary N) is 1.